The Kier molecular flexibility index (Phi) is 7.03. The van der Waals surface area contributed by atoms with Crippen molar-refractivity contribution in [3.8, 4) is 0 Å². The van der Waals surface area contributed by atoms with Gasteiger partial charge in [0.15, 0.2) is 8.32 Å². The van der Waals surface area contributed by atoms with E-state index in [1.807, 2.05) is 6.26 Å². The van der Waals surface area contributed by atoms with Crippen molar-refractivity contribution in [1.82, 2.24) is 0 Å². The SMILES string of the molecule is CSC(=S)OCC1CCC(O[Si](C)(C)C(C)(C)C)CC1. The summed E-state index contributed by atoms with van der Waals surface area (Å²) in [4.78, 5) is 0. The molecule has 5 heteroatoms. The van der Waals surface area contributed by atoms with Crippen molar-refractivity contribution in [2.75, 3.05) is 12.9 Å². The molecule has 0 aromatic rings. The Balaban J connectivity index is 2.34. The zero-order chi connectivity index (χ0) is 15.4. The molecule has 1 aliphatic carbocycles. The molecule has 0 bridgehead atoms. The average molecular weight is 335 g/mol. The van der Waals surface area contributed by atoms with Crippen LogP contribution in [0.1, 0.15) is 46.5 Å². The molecule has 0 radical (unpaired) electrons. The van der Waals surface area contributed by atoms with E-state index in [9.17, 15) is 0 Å². The molecule has 1 fully saturated rings. The third kappa shape index (κ3) is 5.66. The van der Waals surface area contributed by atoms with E-state index in [1.54, 1.807) is 0 Å². The molecule has 0 N–H and O–H groups in total. The molecule has 0 spiro atoms. The van der Waals surface area contributed by atoms with Crippen LogP contribution < -0.4 is 0 Å². The van der Waals surface area contributed by atoms with Gasteiger partial charge in [0.05, 0.1) is 6.61 Å². The summed E-state index contributed by atoms with van der Waals surface area (Å²) in [6.45, 7) is 12.4. The van der Waals surface area contributed by atoms with Gasteiger partial charge in [-0.05, 0) is 68.2 Å². The monoisotopic (exact) mass is 334 g/mol. The quantitative estimate of drug-likeness (QED) is 0.517. The predicted octanol–water partition coefficient (Wildman–Crippen LogP) is 5.23. The molecular weight excluding hydrogens is 304 g/mol. The number of hydrogen-bond acceptors (Lipinski definition) is 4. The Morgan fingerprint density at radius 1 is 1.20 bits per heavy atom. The summed E-state index contributed by atoms with van der Waals surface area (Å²) in [7, 11) is -1.61. The van der Waals surface area contributed by atoms with Gasteiger partial charge in [-0.3, -0.25) is 0 Å². The Morgan fingerprint density at radius 3 is 2.20 bits per heavy atom. The maximum atomic E-state index is 6.51. The Bertz CT molecular complexity index is 318. The van der Waals surface area contributed by atoms with Crippen LogP contribution in [0.4, 0.5) is 0 Å². The van der Waals surface area contributed by atoms with Crippen LogP contribution in [0.25, 0.3) is 0 Å². The summed E-state index contributed by atoms with van der Waals surface area (Å²) >= 11 is 6.60. The highest BCUT2D eigenvalue weighted by molar-refractivity contribution is 8.22. The van der Waals surface area contributed by atoms with Gasteiger partial charge < -0.3 is 9.16 Å². The van der Waals surface area contributed by atoms with E-state index in [4.69, 9.17) is 21.4 Å². The molecule has 2 nitrogen and oxygen atoms in total. The maximum absolute atomic E-state index is 6.51. The molecule has 0 aromatic carbocycles. The second-order valence-electron chi connectivity index (χ2n) is 7.29. The van der Waals surface area contributed by atoms with Crippen LogP contribution in [0, 0.1) is 5.92 Å². The van der Waals surface area contributed by atoms with Crippen LogP contribution >= 0.6 is 24.0 Å². The van der Waals surface area contributed by atoms with Gasteiger partial charge in [-0.1, -0.05) is 32.5 Å². The summed E-state index contributed by atoms with van der Waals surface area (Å²) < 4.78 is 12.8. The standard InChI is InChI=1S/C15H30O2S2Si/c1-15(2,3)20(5,6)17-13-9-7-12(8-10-13)11-16-14(18)19-4/h12-13H,7-11H2,1-6H3. The average Bonchev–Trinajstić information content (AvgIpc) is 2.35. The van der Waals surface area contributed by atoms with Gasteiger partial charge in [0.1, 0.15) is 0 Å². The summed E-state index contributed by atoms with van der Waals surface area (Å²) in [5, 5.41) is 0.303. The molecule has 1 aliphatic rings. The number of rotatable bonds is 4. The van der Waals surface area contributed by atoms with Crippen molar-refractivity contribution in [2.24, 2.45) is 5.92 Å². The molecule has 0 amide bonds. The molecule has 0 atom stereocenters. The molecule has 0 aromatic heterocycles. The van der Waals surface area contributed by atoms with E-state index in [-0.39, 0.29) is 0 Å². The second-order valence-corrected chi connectivity index (χ2v) is 13.5. The van der Waals surface area contributed by atoms with Gasteiger partial charge in [0, 0.05) is 6.10 Å². The Labute approximate surface area is 135 Å². The summed E-state index contributed by atoms with van der Waals surface area (Å²) in [6, 6.07) is 0. The lowest BCUT2D eigenvalue weighted by Crippen LogP contribution is -2.44. The van der Waals surface area contributed by atoms with Crippen molar-refractivity contribution < 1.29 is 9.16 Å². The van der Waals surface area contributed by atoms with E-state index >= 15 is 0 Å². The summed E-state index contributed by atoms with van der Waals surface area (Å²) in [5.74, 6) is 0.652. The highest BCUT2D eigenvalue weighted by atomic mass is 32.2. The number of thioether (sulfide) groups is 1. The number of hydrogen-bond donors (Lipinski definition) is 0. The van der Waals surface area contributed by atoms with Crippen LogP contribution in [0.2, 0.25) is 18.1 Å². The fraction of sp³-hybridized carbons (Fsp3) is 0.933. The lowest BCUT2D eigenvalue weighted by atomic mass is 9.88. The molecule has 20 heavy (non-hydrogen) atoms. The first kappa shape index (κ1) is 18.5. The van der Waals surface area contributed by atoms with Crippen LogP contribution in [0.15, 0.2) is 0 Å². The van der Waals surface area contributed by atoms with Crippen LogP contribution in [0.5, 0.6) is 0 Å². The van der Waals surface area contributed by atoms with Crippen molar-refractivity contribution in [3.05, 3.63) is 0 Å². The van der Waals surface area contributed by atoms with E-state index in [2.05, 4.69) is 33.9 Å². The van der Waals surface area contributed by atoms with Crippen LogP contribution in [0.3, 0.4) is 0 Å². The zero-order valence-corrected chi connectivity index (χ0v) is 16.5. The normalized spacial score (nSPS) is 24.5. The van der Waals surface area contributed by atoms with E-state index in [0.29, 0.717) is 21.4 Å². The predicted molar refractivity (Wildman–Crippen MR) is 96.1 cm³/mol. The smallest absolute Gasteiger partial charge is 0.219 e. The molecule has 1 rings (SSSR count). The number of ether oxygens (including phenoxy) is 1. The van der Waals surface area contributed by atoms with E-state index < -0.39 is 8.32 Å². The van der Waals surface area contributed by atoms with Crippen molar-refractivity contribution in [3.63, 3.8) is 0 Å². The minimum Gasteiger partial charge on any atom is -0.478 e. The van der Waals surface area contributed by atoms with Gasteiger partial charge in [-0.25, -0.2) is 0 Å². The Hall–Kier alpha value is 0.417. The fourth-order valence-electron chi connectivity index (χ4n) is 2.25. The summed E-state index contributed by atoms with van der Waals surface area (Å²) in [5.41, 5.74) is 0. The van der Waals surface area contributed by atoms with Crippen LogP contribution in [-0.4, -0.2) is 31.7 Å². The van der Waals surface area contributed by atoms with Gasteiger partial charge in [0.2, 0.25) is 4.38 Å². The minimum absolute atomic E-state index is 0.303. The summed E-state index contributed by atoms with van der Waals surface area (Å²) in [6.07, 6.45) is 7.18. The highest BCUT2D eigenvalue weighted by Crippen LogP contribution is 2.39. The Morgan fingerprint density at radius 2 is 1.75 bits per heavy atom. The first-order chi connectivity index (χ1) is 9.15. The molecule has 0 unspecified atom stereocenters. The van der Waals surface area contributed by atoms with Crippen molar-refractivity contribution in [2.45, 2.75) is 70.7 Å². The zero-order valence-electron chi connectivity index (χ0n) is 13.8. The lowest BCUT2D eigenvalue weighted by molar-refractivity contribution is 0.0980. The molecule has 0 saturated heterocycles. The largest absolute Gasteiger partial charge is 0.478 e. The van der Waals surface area contributed by atoms with Crippen molar-refractivity contribution in [1.29, 1.82) is 0 Å². The van der Waals surface area contributed by atoms with Crippen LogP contribution in [-0.2, 0) is 9.16 Å². The van der Waals surface area contributed by atoms with Gasteiger partial charge in [-0.2, -0.15) is 0 Å². The first-order valence-electron chi connectivity index (χ1n) is 7.54. The fourth-order valence-corrected chi connectivity index (χ4v) is 3.93. The maximum Gasteiger partial charge on any atom is 0.219 e. The molecule has 1 saturated carbocycles. The van der Waals surface area contributed by atoms with E-state index in [0.717, 1.165) is 6.61 Å². The van der Waals surface area contributed by atoms with Gasteiger partial charge in [0.25, 0.3) is 0 Å². The topological polar surface area (TPSA) is 18.5 Å². The van der Waals surface area contributed by atoms with Crippen molar-refractivity contribution >= 4 is 36.7 Å². The first-order valence-corrected chi connectivity index (χ1v) is 12.1. The third-order valence-corrected chi connectivity index (χ3v) is 10.3. The second kappa shape index (κ2) is 7.61. The molecule has 0 heterocycles. The van der Waals surface area contributed by atoms with Gasteiger partial charge >= 0.3 is 0 Å². The minimum atomic E-state index is -1.61. The molecule has 0 aliphatic heterocycles. The number of thiocarbonyl (C=S) groups is 1. The molecular formula is C15H30O2S2Si. The third-order valence-electron chi connectivity index (χ3n) is 4.66. The van der Waals surface area contributed by atoms with Gasteiger partial charge in [-0.15, -0.1) is 0 Å². The highest BCUT2D eigenvalue weighted by Gasteiger charge is 2.39. The molecule has 118 valence electrons. The lowest BCUT2D eigenvalue weighted by Gasteiger charge is -2.41. The van der Waals surface area contributed by atoms with E-state index in [1.165, 1.54) is 37.4 Å².